The van der Waals surface area contributed by atoms with Gasteiger partial charge >= 0.3 is 11.9 Å². The summed E-state index contributed by atoms with van der Waals surface area (Å²) in [4.78, 5) is 27.1. The summed E-state index contributed by atoms with van der Waals surface area (Å²) in [5.74, 6) is -0.806. The molecule has 0 fully saturated rings. The molecule has 0 saturated carbocycles. The van der Waals surface area contributed by atoms with Gasteiger partial charge in [0.1, 0.15) is 0 Å². The molecule has 8 heteroatoms. The quantitative estimate of drug-likeness (QED) is 0.500. The number of quaternary nitrogens is 1. The Morgan fingerprint density at radius 3 is 2.55 bits per heavy atom. The summed E-state index contributed by atoms with van der Waals surface area (Å²) >= 11 is 4.76. The van der Waals surface area contributed by atoms with Gasteiger partial charge in [-0.3, -0.25) is 10.3 Å². The van der Waals surface area contributed by atoms with Crippen LogP contribution >= 0.6 is 12.2 Å². The van der Waals surface area contributed by atoms with Gasteiger partial charge in [0.15, 0.2) is 0 Å². The zero-order chi connectivity index (χ0) is 15.3. The van der Waals surface area contributed by atoms with Crippen molar-refractivity contribution < 1.29 is 14.7 Å². The number of nitrogens with zero attached hydrogens (tertiary/aromatic N) is 1. The molecule has 1 atom stereocenters. The number of thiocarbonyl (C=S) groups is 1. The molecule has 108 valence electrons. The van der Waals surface area contributed by atoms with Crippen molar-refractivity contribution in [1.29, 1.82) is 0 Å². The van der Waals surface area contributed by atoms with Gasteiger partial charge in [0.2, 0.25) is 0 Å². The van der Waals surface area contributed by atoms with E-state index in [-0.39, 0.29) is 5.56 Å². The first-order valence-electron chi connectivity index (χ1n) is 5.83. The van der Waals surface area contributed by atoms with Gasteiger partial charge in [0.25, 0.3) is 5.11 Å². The largest absolute Gasteiger partial charge is 0.619 e. The van der Waals surface area contributed by atoms with Crippen molar-refractivity contribution in [2.45, 2.75) is 26.3 Å². The van der Waals surface area contributed by atoms with Crippen molar-refractivity contribution in [2.24, 2.45) is 0 Å². The molecular weight excluding hydrogens is 280 g/mol. The van der Waals surface area contributed by atoms with E-state index < -0.39 is 27.7 Å². The third kappa shape index (κ3) is 5.00. The number of carbonyl (C=O) groups is 2. The Kier molecular flexibility index (Phi) is 5.26. The first kappa shape index (κ1) is 16.2. The number of pyridine rings is 1. The highest BCUT2D eigenvalue weighted by Gasteiger charge is 2.22. The van der Waals surface area contributed by atoms with Gasteiger partial charge in [-0.15, -0.1) is 0 Å². The van der Waals surface area contributed by atoms with Crippen molar-refractivity contribution in [3.05, 3.63) is 35.3 Å². The molecule has 3 N–H and O–H groups in total. The van der Waals surface area contributed by atoms with Crippen LogP contribution < -0.4 is 15.7 Å². The van der Waals surface area contributed by atoms with Crippen molar-refractivity contribution in [3.8, 4) is 0 Å². The first-order chi connectivity index (χ1) is 9.20. The molecule has 1 aromatic rings. The molecular formula is C12H16N4O3S. The van der Waals surface area contributed by atoms with Gasteiger partial charge < -0.3 is 10.5 Å². The number of urea groups is 1. The Morgan fingerprint density at radius 1 is 1.40 bits per heavy atom. The zero-order valence-electron chi connectivity index (χ0n) is 11.4. The van der Waals surface area contributed by atoms with Gasteiger partial charge in [-0.2, -0.15) is 0 Å². The molecule has 20 heavy (non-hydrogen) atoms. The molecule has 1 rings (SSSR count). The second-order valence-corrected chi connectivity index (χ2v) is 5.47. The average molecular weight is 296 g/mol. The molecule has 0 aromatic carbocycles. The van der Waals surface area contributed by atoms with E-state index in [4.69, 9.17) is 12.2 Å². The summed E-state index contributed by atoms with van der Waals surface area (Å²) in [6.07, 6.45) is 2.74. The van der Waals surface area contributed by atoms with Crippen molar-refractivity contribution in [2.75, 3.05) is 0 Å². The predicted molar refractivity (Wildman–Crippen MR) is 76.9 cm³/mol. The van der Waals surface area contributed by atoms with Crippen LogP contribution in [0.15, 0.2) is 24.5 Å². The van der Waals surface area contributed by atoms with Crippen LogP contribution in [0, 0.1) is 5.21 Å². The summed E-state index contributed by atoms with van der Waals surface area (Å²) in [6, 6.07) is 2.35. The molecule has 1 heterocycles. The van der Waals surface area contributed by atoms with E-state index in [0.29, 0.717) is 0 Å². The number of aromatic nitrogens is 1. The first-order valence-corrected chi connectivity index (χ1v) is 6.24. The van der Waals surface area contributed by atoms with E-state index in [1.54, 1.807) is 20.8 Å². The fourth-order valence-electron chi connectivity index (χ4n) is 1.26. The number of hydroxylamine groups is 2. The van der Waals surface area contributed by atoms with Crippen LogP contribution in [0.1, 0.15) is 31.1 Å². The summed E-state index contributed by atoms with van der Waals surface area (Å²) < 4.78 is 0. The van der Waals surface area contributed by atoms with Crippen LogP contribution in [0.5, 0.6) is 0 Å². The lowest BCUT2D eigenvalue weighted by atomic mass is 10.1. The Hall–Kier alpha value is -1.90. The highest BCUT2D eigenvalue weighted by molar-refractivity contribution is 7.79. The molecule has 3 amide bonds. The fraction of sp³-hybridized carbons (Fsp3) is 0.333. The number of rotatable bonds is 1. The molecule has 0 bridgehead atoms. The summed E-state index contributed by atoms with van der Waals surface area (Å²) in [7, 11) is 0. The van der Waals surface area contributed by atoms with E-state index in [9.17, 15) is 14.8 Å². The number of carbonyl (C=O) groups excluding carboxylic acids is 2. The topological polar surface area (TPSA) is 98.6 Å². The predicted octanol–water partition coefficient (Wildman–Crippen LogP) is -0.0129. The lowest BCUT2D eigenvalue weighted by Crippen LogP contribution is -3.14. The van der Waals surface area contributed by atoms with Gasteiger partial charge in [-0.1, -0.05) is 0 Å². The van der Waals surface area contributed by atoms with E-state index in [0.717, 1.165) is 0 Å². The summed E-state index contributed by atoms with van der Waals surface area (Å²) in [6.45, 7) is 5.33. The average Bonchev–Trinajstić information content (AvgIpc) is 2.35. The number of nitrogens with one attached hydrogen (secondary N) is 3. The van der Waals surface area contributed by atoms with Crippen LogP contribution in [0.25, 0.3) is 0 Å². The maximum Gasteiger partial charge on any atom is 0.352 e. The van der Waals surface area contributed by atoms with E-state index in [1.807, 2.05) is 0 Å². The number of amides is 3. The minimum Gasteiger partial charge on any atom is -0.619 e. The van der Waals surface area contributed by atoms with Crippen LogP contribution in [-0.4, -0.2) is 27.6 Å². The molecule has 0 aliphatic carbocycles. The fourth-order valence-corrected chi connectivity index (χ4v) is 1.45. The molecule has 0 spiro atoms. The highest BCUT2D eigenvalue weighted by atomic mass is 32.1. The van der Waals surface area contributed by atoms with Gasteiger partial charge in [-0.25, -0.2) is 14.7 Å². The van der Waals surface area contributed by atoms with Crippen molar-refractivity contribution in [3.63, 3.8) is 0 Å². The normalized spacial score (nSPS) is 12.4. The zero-order valence-corrected chi connectivity index (χ0v) is 12.2. The smallest absolute Gasteiger partial charge is 0.352 e. The van der Waals surface area contributed by atoms with E-state index in [2.05, 4.69) is 15.6 Å². The van der Waals surface area contributed by atoms with Crippen LogP contribution in [0.3, 0.4) is 0 Å². The molecule has 0 radical (unpaired) electrons. The minimum atomic E-state index is -0.947. The standard InChI is InChI=1S/C12H16N4O3S/c1-12(2,3)15-10(18)14-11(20)16(19)9(17)8-5-4-6-13-7-8/h4-7,16H,1-3H3,(H2,14,15,18,20). The maximum absolute atomic E-state index is 11.8. The maximum atomic E-state index is 11.8. The molecule has 1 aromatic heterocycles. The third-order valence-electron chi connectivity index (χ3n) is 2.05. The van der Waals surface area contributed by atoms with Crippen molar-refractivity contribution in [1.82, 2.24) is 15.6 Å². The second-order valence-electron chi connectivity index (χ2n) is 5.06. The molecule has 1 unspecified atom stereocenters. The van der Waals surface area contributed by atoms with Gasteiger partial charge in [0.05, 0.1) is 5.56 Å². The van der Waals surface area contributed by atoms with E-state index in [1.165, 1.54) is 24.5 Å². The summed E-state index contributed by atoms with van der Waals surface area (Å²) in [5.41, 5.74) is -0.353. The number of hydrogen-bond acceptors (Lipinski definition) is 5. The third-order valence-corrected chi connectivity index (χ3v) is 2.34. The lowest BCUT2D eigenvalue weighted by molar-refractivity contribution is -0.648. The van der Waals surface area contributed by atoms with E-state index >= 15 is 0 Å². The Bertz CT molecular complexity index is 513. The highest BCUT2D eigenvalue weighted by Crippen LogP contribution is 1.97. The van der Waals surface area contributed by atoms with Crippen LogP contribution in [-0.2, 0) is 0 Å². The Labute approximate surface area is 121 Å². The molecule has 0 saturated heterocycles. The van der Waals surface area contributed by atoms with Gasteiger partial charge in [-0.05, 0) is 32.9 Å². The lowest BCUT2D eigenvalue weighted by Gasteiger charge is -2.23. The summed E-state index contributed by atoms with van der Waals surface area (Å²) in [5, 5.41) is 15.1. The van der Waals surface area contributed by atoms with Gasteiger partial charge in [0, 0.05) is 30.2 Å². The SMILES string of the molecule is CC(C)(C)NC(=O)NC(=S)[NH+]([O-])C(=O)c1cccnc1. The Morgan fingerprint density at radius 2 is 2.05 bits per heavy atom. The van der Waals surface area contributed by atoms with Crippen LogP contribution in [0.2, 0.25) is 0 Å². The Balaban J connectivity index is 2.64. The monoisotopic (exact) mass is 296 g/mol. The number of hydrogen-bond donors (Lipinski definition) is 3. The van der Waals surface area contributed by atoms with Crippen LogP contribution in [0.4, 0.5) is 4.79 Å². The molecule has 7 nitrogen and oxygen atoms in total. The second kappa shape index (κ2) is 6.51. The van der Waals surface area contributed by atoms with Crippen molar-refractivity contribution >= 4 is 29.3 Å². The molecule has 0 aliphatic heterocycles. The minimum absolute atomic E-state index is 0.123. The molecule has 0 aliphatic rings.